The molecule has 0 saturated heterocycles. The maximum Gasteiger partial charge on any atom is 0.269 e. The van der Waals surface area contributed by atoms with Gasteiger partial charge in [-0.3, -0.25) is 19.8 Å². The van der Waals surface area contributed by atoms with Crippen molar-refractivity contribution in [2.75, 3.05) is 20.1 Å². The summed E-state index contributed by atoms with van der Waals surface area (Å²) in [5.74, 6) is 2.09. The second-order valence-corrected chi connectivity index (χ2v) is 4.59. The van der Waals surface area contributed by atoms with Crippen LogP contribution in [-0.2, 0) is 11.3 Å². The molecule has 0 aliphatic rings. The van der Waals surface area contributed by atoms with Gasteiger partial charge in [0, 0.05) is 23.7 Å². The molecule has 1 aromatic rings. The Morgan fingerprint density at radius 3 is 2.90 bits per heavy atom. The minimum atomic E-state index is -0.487. The van der Waals surface area contributed by atoms with Crippen LogP contribution < -0.4 is 5.32 Å². The van der Waals surface area contributed by atoms with Crippen LogP contribution in [0.4, 0.5) is 5.69 Å². The van der Waals surface area contributed by atoms with Crippen molar-refractivity contribution in [1.29, 1.82) is 0 Å². The number of non-ortho nitro benzene ring substituents is 1. The van der Waals surface area contributed by atoms with Crippen LogP contribution in [0, 0.1) is 22.5 Å². The van der Waals surface area contributed by atoms with Crippen molar-refractivity contribution in [3.63, 3.8) is 0 Å². The fourth-order valence-corrected chi connectivity index (χ4v) is 1.77. The summed E-state index contributed by atoms with van der Waals surface area (Å²) in [6.07, 6.45) is 5.04. The van der Waals surface area contributed by atoms with E-state index < -0.39 is 4.92 Å². The molecule has 0 bridgehead atoms. The lowest BCUT2D eigenvalue weighted by Crippen LogP contribution is -2.35. The summed E-state index contributed by atoms with van der Waals surface area (Å²) in [7, 11) is 1.71. The third kappa shape index (κ3) is 4.88. The van der Waals surface area contributed by atoms with E-state index in [9.17, 15) is 14.9 Å². The molecule has 6 nitrogen and oxygen atoms in total. The highest BCUT2D eigenvalue weighted by Crippen LogP contribution is 2.22. The summed E-state index contributed by atoms with van der Waals surface area (Å²) in [4.78, 5) is 23.4. The topological polar surface area (TPSA) is 75.5 Å². The Kier molecular flexibility index (Phi) is 5.97. The van der Waals surface area contributed by atoms with E-state index in [2.05, 4.69) is 11.2 Å². The maximum absolute atomic E-state index is 11.5. The first kappa shape index (κ1) is 16.0. The van der Waals surface area contributed by atoms with E-state index in [0.29, 0.717) is 17.1 Å². The smallest absolute Gasteiger partial charge is 0.269 e. The van der Waals surface area contributed by atoms with Crippen LogP contribution in [0.15, 0.2) is 18.2 Å². The molecule has 106 valence electrons. The second-order valence-electron chi connectivity index (χ2n) is 4.19. The quantitative estimate of drug-likeness (QED) is 0.489. The van der Waals surface area contributed by atoms with Gasteiger partial charge in [0.1, 0.15) is 0 Å². The van der Waals surface area contributed by atoms with Crippen molar-refractivity contribution in [2.45, 2.75) is 6.54 Å². The van der Waals surface area contributed by atoms with E-state index in [0.717, 1.165) is 0 Å². The van der Waals surface area contributed by atoms with Crippen molar-refractivity contribution in [2.24, 2.45) is 0 Å². The first-order valence-electron chi connectivity index (χ1n) is 5.75. The number of carbonyl (C=O) groups excluding carboxylic acids is 1. The number of hydrogen-bond acceptors (Lipinski definition) is 4. The van der Waals surface area contributed by atoms with Crippen molar-refractivity contribution in [3.8, 4) is 12.3 Å². The minimum absolute atomic E-state index is 0.0328. The average Bonchev–Trinajstić information content (AvgIpc) is 2.38. The molecule has 1 rings (SSSR count). The van der Waals surface area contributed by atoms with Crippen LogP contribution in [0.5, 0.6) is 0 Å². The Labute approximate surface area is 121 Å². The number of hydrogen-bond donors (Lipinski definition) is 1. The molecule has 0 spiro atoms. The summed E-state index contributed by atoms with van der Waals surface area (Å²) in [6, 6.07) is 4.21. The number of halogens is 1. The Morgan fingerprint density at radius 1 is 1.60 bits per heavy atom. The highest BCUT2D eigenvalue weighted by Gasteiger charge is 2.13. The van der Waals surface area contributed by atoms with Crippen molar-refractivity contribution in [3.05, 3.63) is 38.9 Å². The number of nitro benzene ring substituents is 1. The minimum Gasteiger partial charge on any atom is -0.344 e. The predicted octanol–water partition coefficient (Wildman–Crippen LogP) is 1.43. The molecular formula is C13H14ClN3O3. The Balaban J connectivity index is 2.68. The number of nitrogens with one attached hydrogen (secondary N) is 1. The van der Waals surface area contributed by atoms with Gasteiger partial charge in [0.25, 0.3) is 5.69 Å². The molecule has 0 aliphatic heterocycles. The van der Waals surface area contributed by atoms with Gasteiger partial charge in [-0.25, -0.2) is 0 Å². The van der Waals surface area contributed by atoms with E-state index in [1.54, 1.807) is 11.9 Å². The van der Waals surface area contributed by atoms with Gasteiger partial charge in [0.05, 0.1) is 18.0 Å². The number of terminal acetylenes is 1. The first-order valence-corrected chi connectivity index (χ1v) is 6.13. The van der Waals surface area contributed by atoms with Gasteiger partial charge in [-0.05, 0) is 18.7 Å². The molecule has 0 radical (unpaired) electrons. The average molecular weight is 296 g/mol. The third-order valence-corrected chi connectivity index (χ3v) is 2.85. The van der Waals surface area contributed by atoms with Gasteiger partial charge >= 0.3 is 0 Å². The normalized spacial score (nSPS) is 10.1. The molecule has 20 heavy (non-hydrogen) atoms. The zero-order valence-electron chi connectivity index (χ0n) is 10.9. The summed E-state index contributed by atoms with van der Waals surface area (Å²) in [6.45, 7) is 0.620. The van der Waals surface area contributed by atoms with Gasteiger partial charge in [-0.2, -0.15) is 0 Å². The lowest BCUT2D eigenvalue weighted by molar-refractivity contribution is -0.384. The van der Waals surface area contributed by atoms with Crippen LogP contribution in [0.1, 0.15) is 5.56 Å². The van der Waals surface area contributed by atoms with E-state index in [-0.39, 0.29) is 24.7 Å². The zero-order valence-corrected chi connectivity index (χ0v) is 11.7. The molecule has 7 heteroatoms. The van der Waals surface area contributed by atoms with Crippen LogP contribution in [0.3, 0.4) is 0 Å². The number of carbonyl (C=O) groups is 1. The molecule has 0 saturated carbocycles. The Hall–Kier alpha value is -2.10. The number of nitrogens with zero attached hydrogens (tertiary/aromatic N) is 2. The molecule has 0 unspecified atom stereocenters. The molecule has 0 fully saturated rings. The molecule has 0 heterocycles. The summed E-state index contributed by atoms with van der Waals surface area (Å²) >= 11 is 5.99. The SMILES string of the molecule is C#CCNC(=O)CN(C)Cc1cc([N+](=O)[O-])ccc1Cl. The van der Waals surface area contributed by atoms with Crippen molar-refractivity contribution >= 4 is 23.2 Å². The molecular weight excluding hydrogens is 282 g/mol. The Morgan fingerprint density at radius 2 is 2.30 bits per heavy atom. The van der Waals surface area contributed by atoms with Crippen molar-refractivity contribution in [1.82, 2.24) is 10.2 Å². The molecule has 1 amide bonds. The third-order valence-electron chi connectivity index (χ3n) is 2.48. The van der Waals surface area contributed by atoms with Crippen LogP contribution in [-0.4, -0.2) is 35.9 Å². The lowest BCUT2D eigenvalue weighted by atomic mass is 10.2. The maximum atomic E-state index is 11.5. The first-order chi connectivity index (χ1) is 9.43. The van der Waals surface area contributed by atoms with Crippen LogP contribution in [0.25, 0.3) is 0 Å². The standard InChI is InChI=1S/C13H14ClN3O3/c1-3-6-15-13(18)9-16(2)8-10-7-11(17(19)20)4-5-12(10)14/h1,4-5,7H,6,8-9H2,2H3,(H,15,18). The largest absolute Gasteiger partial charge is 0.344 e. The summed E-state index contributed by atoms with van der Waals surface area (Å²) < 4.78 is 0. The summed E-state index contributed by atoms with van der Waals surface area (Å²) in [5.41, 5.74) is 0.558. The molecule has 0 aliphatic carbocycles. The fourth-order valence-electron chi connectivity index (χ4n) is 1.59. The van der Waals surface area contributed by atoms with Gasteiger partial charge < -0.3 is 5.32 Å². The summed E-state index contributed by atoms with van der Waals surface area (Å²) in [5, 5.41) is 13.7. The number of rotatable bonds is 6. The highest BCUT2D eigenvalue weighted by molar-refractivity contribution is 6.31. The number of benzene rings is 1. The Bertz CT molecular complexity index is 554. The van der Waals surface area contributed by atoms with Crippen LogP contribution >= 0.6 is 11.6 Å². The monoisotopic (exact) mass is 295 g/mol. The van der Waals surface area contributed by atoms with Gasteiger partial charge in [-0.1, -0.05) is 17.5 Å². The highest BCUT2D eigenvalue weighted by atomic mass is 35.5. The van der Waals surface area contributed by atoms with E-state index in [4.69, 9.17) is 18.0 Å². The molecule has 0 aromatic heterocycles. The van der Waals surface area contributed by atoms with Gasteiger partial charge in [0.15, 0.2) is 0 Å². The molecule has 1 N–H and O–H groups in total. The van der Waals surface area contributed by atoms with E-state index in [1.165, 1.54) is 18.2 Å². The van der Waals surface area contributed by atoms with Gasteiger partial charge in [0.2, 0.25) is 5.91 Å². The molecule has 1 aromatic carbocycles. The van der Waals surface area contributed by atoms with E-state index >= 15 is 0 Å². The predicted molar refractivity (Wildman–Crippen MR) is 76.3 cm³/mol. The van der Waals surface area contributed by atoms with Gasteiger partial charge in [-0.15, -0.1) is 6.42 Å². The number of nitro groups is 1. The second kappa shape index (κ2) is 7.48. The van der Waals surface area contributed by atoms with Crippen LogP contribution in [0.2, 0.25) is 5.02 Å². The zero-order chi connectivity index (χ0) is 15.1. The number of likely N-dealkylation sites (N-methyl/N-ethyl adjacent to an activating group) is 1. The van der Waals surface area contributed by atoms with Crippen molar-refractivity contribution < 1.29 is 9.72 Å². The fraction of sp³-hybridized carbons (Fsp3) is 0.308. The molecule has 0 atom stereocenters. The number of amides is 1. The lowest BCUT2D eigenvalue weighted by Gasteiger charge is -2.16. The van der Waals surface area contributed by atoms with E-state index in [1.807, 2.05) is 0 Å².